The average molecular weight is 326 g/mol. The van der Waals surface area contributed by atoms with Gasteiger partial charge in [0.1, 0.15) is 6.33 Å². The summed E-state index contributed by atoms with van der Waals surface area (Å²) in [5.41, 5.74) is 1.44. The van der Waals surface area contributed by atoms with Crippen LogP contribution in [0.2, 0.25) is 0 Å². The molecule has 6 nitrogen and oxygen atoms in total. The van der Waals surface area contributed by atoms with Gasteiger partial charge in [-0.2, -0.15) is 0 Å². The molecule has 0 amide bonds. The van der Waals surface area contributed by atoms with E-state index in [1.165, 1.54) is 38.0 Å². The van der Waals surface area contributed by atoms with Crippen molar-refractivity contribution in [2.45, 2.75) is 38.4 Å². The van der Waals surface area contributed by atoms with Gasteiger partial charge in [0.25, 0.3) is 0 Å². The summed E-state index contributed by atoms with van der Waals surface area (Å²) in [4.78, 5) is 5.38. The van der Waals surface area contributed by atoms with E-state index in [1.54, 1.807) is 6.33 Å². The summed E-state index contributed by atoms with van der Waals surface area (Å²) in [7, 11) is 0. The molecule has 3 aliphatic rings. The molecule has 128 valence electrons. The number of tetrazole rings is 1. The molecule has 0 radical (unpaired) electrons. The van der Waals surface area contributed by atoms with Gasteiger partial charge in [-0.25, -0.2) is 4.68 Å². The highest BCUT2D eigenvalue weighted by Gasteiger charge is 2.34. The number of aromatic nitrogens is 4. The highest BCUT2D eigenvalue weighted by atomic mass is 15.5. The van der Waals surface area contributed by atoms with Crippen LogP contribution in [0.4, 0.5) is 0 Å². The normalized spacial score (nSPS) is 25.0. The zero-order valence-corrected chi connectivity index (χ0v) is 14.2. The van der Waals surface area contributed by atoms with Crippen LogP contribution in [0.1, 0.15) is 24.8 Å². The van der Waals surface area contributed by atoms with Gasteiger partial charge in [0.15, 0.2) is 0 Å². The minimum absolute atomic E-state index is 0.706. The molecule has 6 heteroatoms. The first-order chi connectivity index (χ1) is 11.9. The number of nitrogens with zero attached hydrogens (tertiary/aromatic N) is 6. The summed E-state index contributed by atoms with van der Waals surface area (Å²) in [6.45, 7) is 6.86. The average Bonchev–Trinajstić information content (AvgIpc) is 2.97. The van der Waals surface area contributed by atoms with Gasteiger partial charge in [-0.3, -0.25) is 4.90 Å². The molecule has 3 saturated heterocycles. The molecule has 2 atom stereocenters. The fourth-order valence-electron chi connectivity index (χ4n) is 4.21. The van der Waals surface area contributed by atoms with E-state index >= 15 is 0 Å². The lowest BCUT2D eigenvalue weighted by Gasteiger charge is -2.36. The summed E-state index contributed by atoms with van der Waals surface area (Å²) in [6.07, 6.45) is 5.55. The Morgan fingerprint density at radius 1 is 1.00 bits per heavy atom. The van der Waals surface area contributed by atoms with E-state index in [-0.39, 0.29) is 0 Å². The Labute approximate surface area is 143 Å². The zero-order valence-electron chi connectivity index (χ0n) is 14.2. The Morgan fingerprint density at radius 3 is 2.75 bits per heavy atom. The molecular formula is C18H26N6. The smallest absolute Gasteiger partial charge is 0.138 e. The Morgan fingerprint density at radius 2 is 1.92 bits per heavy atom. The maximum absolute atomic E-state index is 3.95. The molecule has 0 aliphatic carbocycles. The van der Waals surface area contributed by atoms with E-state index in [0.717, 1.165) is 32.0 Å². The summed E-state index contributed by atoms with van der Waals surface area (Å²) >= 11 is 0. The maximum Gasteiger partial charge on any atom is 0.138 e. The van der Waals surface area contributed by atoms with Gasteiger partial charge < -0.3 is 4.90 Å². The topological polar surface area (TPSA) is 50.1 Å². The SMILES string of the molecule is c1ccc(CN2C[C@H]3CC[C@@H]2CN(CCCn2cnnn2)C3)cc1. The second-order valence-electron chi connectivity index (χ2n) is 7.20. The molecule has 0 spiro atoms. The van der Waals surface area contributed by atoms with E-state index in [4.69, 9.17) is 0 Å². The molecule has 5 rings (SSSR count). The molecule has 0 unspecified atom stereocenters. The molecule has 24 heavy (non-hydrogen) atoms. The van der Waals surface area contributed by atoms with E-state index in [0.29, 0.717) is 6.04 Å². The van der Waals surface area contributed by atoms with Crippen LogP contribution in [0, 0.1) is 5.92 Å². The van der Waals surface area contributed by atoms with Crippen LogP contribution in [0.25, 0.3) is 0 Å². The van der Waals surface area contributed by atoms with E-state index < -0.39 is 0 Å². The van der Waals surface area contributed by atoms with E-state index in [1.807, 2.05) is 4.68 Å². The largest absolute Gasteiger partial charge is 0.301 e. The Bertz CT molecular complexity index is 614. The molecule has 1 aromatic carbocycles. The number of piperidine rings is 1. The Balaban J connectivity index is 1.32. The molecule has 2 bridgehead atoms. The Kier molecular flexibility index (Phi) is 4.85. The third-order valence-corrected chi connectivity index (χ3v) is 5.38. The second-order valence-corrected chi connectivity index (χ2v) is 7.20. The van der Waals surface area contributed by atoms with Crippen LogP contribution in [-0.4, -0.2) is 62.2 Å². The lowest BCUT2D eigenvalue weighted by molar-refractivity contribution is 0.123. The highest BCUT2D eigenvalue weighted by Crippen LogP contribution is 2.29. The molecule has 0 saturated carbocycles. The third-order valence-electron chi connectivity index (χ3n) is 5.38. The summed E-state index contributed by atoms with van der Waals surface area (Å²) in [5.74, 6) is 0.820. The predicted octanol–water partition coefficient (Wildman–Crippen LogP) is 1.66. The predicted molar refractivity (Wildman–Crippen MR) is 92.2 cm³/mol. The molecule has 3 fully saturated rings. The van der Waals surface area contributed by atoms with E-state index in [9.17, 15) is 0 Å². The van der Waals surface area contributed by atoms with Crippen LogP contribution < -0.4 is 0 Å². The van der Waals surface area contributed by atoms with Gasteiger partial charge in [-0.05, 0) is 47.7 Å². The number of aryl methyl sites for hydroxylation is 1. The molecule has 4 heterocycles. The summed E-state index contributed by atoms with van der Waals surface area (Å²) in [6, 6.07) is 11.6. The fraction of sp³-hybridized carbons (Fsp3) is 0.611. The van der Waals surface area contributed by atoms with Crippen molar-refractivity contribution >= 4 is 0 Å². The quantitative estimate of drug-likeness (QED) is 0.808. The molecule has 3 aliphatic heterocycles. The minimum atomic E-state index is 0.706. The highest BCUT2D eigenvalue weighted by molar-refractivity contribution is 5.15. The standard InChI is InChI=1S/C18H26N6/c1-2-5-16(6-3-1)12-23-13-17-7-8-18(23)14-22(11-17)9-4-10-24-15-19-20-21-24/h1-3,5-6,15,17-18H,4,7-14H2/t17-,18+/m0/s1. The van der Waals surface area contributed by atoms with Crippen LogP contribution in [-0.2, 0) is 13.1 Å². The molecule has 1 aromatic heterocycles. The van der Waals surface area contributed by atoms with Crippen LogP contribution >= 0.6 is 0 Å². The Hall–Kier alpha value is -1.79. The van der Waals surface area contributed by atoms with Crippen molar-refractivity contribution in [3.8, 4) is 0 Å². The van der Waals surface area contributed by atoms with Crippen molar-refractivity contribution in [2.24, 2.45) is 5.92 Å². The lowest BCUT2D eigenvalue weighted by atomic mass is 9.94. The van der Waals surface area contributed by atoms with Gasteiger partial charge in [-0.1, -0.05) is 30.3 Å². The molecule has 2 aromatic rings. The molecule has 0 N–H and O–H groups in total. The van der Waals surface area contributed by atoms with Gasteiger partial charge in [0.2, 0.25) is 0 Å². The van der Waals surface area contributed by atoms with Crippen LogP contribution in [0.15, 0.2) is 36.7 Å². The first kappa shape index (κ1) is 15.7. The van der Waals surface area contributed by atoms with Crippen molar-refractivity contribution in [1.82, 2.24) is 30.0 Å². The van der Waals surface area contributed by atoms with E-state index in [2.05, 4.69) is 55.7 Å². The monoisotopic (exact) mass is 326 g/mol. The minimum Gasteiger partial charge on any atom is -0.301 e. The number of fused-ring (bicyclic) bond motifs is 4. The third kappa shape index (κ3) is 3.82. The van der Waals surface area contributed by atoms with Crippen molar-refractivity contribution < 1.29 is 0 Å². The number of benzene rings is 1. The number of rotatable bonds is 6. The van der Waals surface area contributed by atoms with Gasteiger partial charge >= 0.3 is 0 Å². The maximum atomic E-state index is 3.95. The van der Waals surface area contributed by atoms with Crippen molar-refractivity contribution in [3.05, 3.63) is 42.2 Å². The van der Waals surface area contributed by atoms with Crippen molar-refractivity contribution in [1.29, 1.82) is 0 Å². The molecular weight excluding hydrogens is 300 g/mol. The van der Waals surface area contributed by atoms with Crippen molar-refractivity contribution in [3.63, 3.8) is 0 Å². The first-order valence-corrected chi connectivity index (χ1v) is 9.08. The number of hydrogen-bond donors (Lipinski definition) is 0. The zero-order chi connectivity index (χ0) is 16.2. The second kappa shape index (κ2) is 7.40. The fourth-order valence-corrected chi connectivity index (χ4v) is 4.21. The lowest BCUT2D eigenvalue weighted by Crippen LogP contribution is -2.43. The van der Waals surface area contributed by atoms with Crippen molar-refractivity contribution in [2.75, 3.05) is 26.2 Å². The first-order valence-electron chi connectivity index (χ1n) is 9.08. The summed E-state index contributed by atoms with van der Waals surface area (Å²) < 4.78 is 1.83. The van der Waals surface area contributed by atoms with Crippen LogP contribution in [0.3, 0.4) is 0 Å². The number of hydrogen-bond acceptors (Lipinski definition) is 5. The van der Waals surface area contributed by atoms with Crippen LogP contribution in [0.5, 0.6) is 0 Å². The van der Waals surface area contributed by atoms with Gasteiger partial charge in [0, 0.05) is 38.8 Å². The summed E-state index contributed by atoms with van der Waals surface area (Å²) in [5, 5.41) is 11.3. The van der Waals surface area contributed by atoms with Gasteiger partial charge in [-0.15, -0.1) is 5.10 Å². The van der Waals surface area contributed by atoms with Gasteiger partial charge in [0.05, 0.1) is 0 Å².